The second-order valence-corrected chi connectivity index (χ2v) is 4.10. The molecule has 0 saturated carbocycles. The minimum atomic E-state index is 0.287. The molecule has 2 rings (SSSR count). The van der Waals surface area contributed by atoms with Crippen molar-refractivity contribution in [3.8, 4) is 11.6 Å². The molecule has 2 aromatic rings. The van der Waals surface area contributed by atoms with Crippen LogP contribution in [0, 0.1) is 0 Å². The summed E-state index contributed by atoms with van der Waals surface area (Å²) >= 11 is 0. The van der Waals surface area contributed by atoms with Crippen molar-refractivity contribution in [2.75, 3.05) is 0 Å². The number of aryl methyl sites for hydroxylation is 1. The van der Waals surface area contributed by atoms with Gasteiger partial charge < -0.3 is 5.11 Å². The van der Waals surface area contributed by atoms with Crippen LogP contribution >= 0.6 is 0 Å². The van der Waals surface area contributed by atoms with Gasteiger partial charge in [-0.25, -0.2) is 4.68 Å². The SMILES string of the molecule is CCCc1c(CC)nn(-c2ccccc2)c1O. The molecule has 0 saturated heterocycles. The molecule has 1 N–H and O–H groups in total. The Bertz CT molecular complexity index is 488. The van der Waals surface area contributed by atoms with Crippen molar-refractivity contribution in [2.45, 2.75) is 33.1 Å². The smallest absolute Gasteiger partial charge is 0.217 e. The largest absolute Gasteiger partial charge is 0.493 e. The molecule has 0 spiro atoms. The quantitative estimate of drug-likeness (QED) is 0.876. The van der Waals surface area contributed by atoms with Crippen molar-refractivity contribution in [1.82, 2.24) is 9.78 Å². The van der Waals surface area contributed by atoms with Crippen LogP contribution in [0.2, 0.25) is 0 Å². The fourth-order valence-corrected chi connectivity index (χ4v) is 2.02. The third-order valence-corrected chi connectivity index (χ3v) is 2.88. The average molecular weight is 230 g/mol. The molecule has 3 nitrogen and oxygen atoms in total. The van der Waals surface area contributed by atoms with Gasteiger partial charge in [-0.2, -0.15) is 5.10 Å². The highest BCUT2D eigenvalue weighted by atomic mass is 16.3. The van der Waals surface area contributed by atoms with E-state index in [1.807, 2.05) is 30.3 Å². The van der Waals surface area contributed by atoms with E-state index >= 15 is 0 Å². The molecule has 1 aromatic carbocycles. The maximum absolute atomic E-state index is 10.2. The van der Waals surface area contributed by atoms with Gasteiger partial charge in [0.1, 0.15) is 0 Å². The number of nitrogens with zero attached hydrogens (tertiary/aromatic N) is 2. The maximum Gasteiger partial charge on any atom is 0.217 e. The van der Waals surface area contributed by atoms with E-state index in [-0.39, 0.29) is 5.88 Å². The van der Waals surface area contributed by atoms with Crippen molar-refractivity contribution in [1.29, 1.82) is 0 Å². The van der Waals surface area contributed by atoms with Crippen molar-refractivity contribution >= 4 is 0 Å². The molecule has 0 unspecified atom stereocenters. The summed E-state index contributed by atoms with van der Waals surface area (Å²) in [6, 6.07) is 9.74. The van der Waals surface area contributed by atoms with E-state index in [9.17, 15) is 5.11 Å². The highest BCUT2D eigenvalue weighted by Gasteiger charge is 2.15. The van der Waals surface area contributed by atoms with E-state index in [0.717, 1.165) is 36.2 Å². The van der Waals surface area contributed by atoms with Crippen LogP contribution in [0.25, 0.3) is 5.69 Å². The molecule has 0 atom stereocenters. The first-order valence-electron chi connectivity index (χ1n) is 6.13. The number of aromatic hydroxyl groups is 1. The second-order valence-electron chi connectivity index (χ2n) is 4.10. The van der Waals surface area contributed by atoms with Crippen LogP contribution in [0.15, 0.2) is 30.3 Å². The fraction of sp³-hybridized carbons (Fsp3) is 0.357. The second kappa shape index (κ2) is 5.04. The van der Waals surface area contributed by atoms with Gasteiger partial charge in [-0.05, 0) is 25.0 Å². The minimum absolute atomic E-state index is 0.287. The normalized spacial score (nSPS) is 10.7. The Labute approximate surface area is 102 Å². The first-order valence-corrected chi connectivity index (χ1v) is 6.13. The van der Waals surface area contributed by atoms with Crippen molar-refractivity contribution < 1.29 is 5.11 Å². The standard InChI is InChI=1S/C14H18N2O/c1-3-8-12-13(4-2)15-16(14(12)17)11-9-6-5-7-10-11/h5-7,9-10,17H,3-4,8H2,1-2H3. The van der Waals surface area contributed by atoms with Crippen molar-refractivity contribution in [2.24, 2.45) is 0 Å². The minimum Gasteiger partial charge on any atom is -0.493 e. The Kier molecular flexibility index (Phi) is 3.47. The van der Waals surface area contributed by atoms with Crippen LogP contribution in [0.3, 0.4) is 0 Å². The highest BCUT2D eigenvalue weighted by Crippen LogP contribution is 2.26. The molecule has 0 aliphatic heterocycles. The highest BCUT2D eigenvalue weighted by molar-refractivity contribution is 5.40. The maximum atomic E-state index is 10.2. The van der Waals surface area contributed by atoms with E-state index < -0.39 is 0 Å². The van der Waals surface area contributed by atoms with Gasteiger partial charge in [-0.3, -0.25) is 0 Å². The summed E-state index contributed by atoms with van der Waals surface area (Å²) in [5, 5.41) is 14.7. The molecular weight excluding hydrogens is 212 g/mol. The van der Waals surface area contributed by atoms with Crippen LogP contribution in [-0.2, 0) is 12.8 Å². The van der Waals surface area contributed by atoms with Crippen LogP contribution in [0.4, 0.5) is 0 Å². The van der Waals surface area contributed by atoms with Gasteiger partial charge in [-0.15, -0.1) is 0 Å². The number of para-hydroxylation sites is 1. The number of hydrogen-bond donors (Lipinski definition) is 1. The van der Waals surface area contributed by atoms with Crippen molar-refractivity contribution in [3.63, 3.8) is 0 Å². The third-order valence-electron chi connectivity index (χ3n) is 2.88. The summed E-state index contributed by atoms with van der Waals surface area (Å²) in [7, 11) is 0. The zero-order chi connectivity index (χ0) is 12.3. The Balaban J connectivity index is 2.49. The zero-order valence-corrected chi connectivity index (χ0v) is 10.3. The Morgan fingerprint density at radius 3 is 2.47 bits per heavy atom. The van der Waals surface area contributed by atoms with Gasteiger partial charge in [0.25, 0.3) is 0 Å². The molecular formula is C14H18N2O. The monoisotopic (exact) mass is 230 g/mol. The Hall–Kier alpha value is -1.77. The van der Waals surface area contributed by atoms with Gasteiger partial charge in [0.15, 0.2) is 0 Å². The number of rotatable bonds is 4. The van der Waals surface area contributed by atoms with Crippen LogP contribution in [-0.4, -0.2) is 14.9 Å². The number of aromatic nitrogens is 2. The molecule has 0 amide bonds. The van der Waals surface area contributed by atoms with Gasteiger partial charge in [0.05, 0.1) is 11.4 Å². The van der Waals surface area contributed by atoms with Gasteiger partial charge in [0.2, 0.25) is 5.88 Å². The molecule has 0 aliphatic rings. The van der Waals surface area contributed by atoms with Crippen LogP contribution < -0.4 is 0 Å². The fourth-order valence-electron chi connectivity index (χ4n) is 2.02. The summed E-state index contributed by atoms with van der Waals surface area (Å²) in [4.78, 5) is 0. The Morgan fingerprint density at radius 1 is 1.18 bits per heavy atom. The summed E-state index contributed by atoms with van der Waals surface area (Å²) in [5.74, 6) is 0.287. The first-order chi connectivity index (χ1) is 8.27. The number of hydrogen-bond acceptors (Lipinski definition) is 2. The van der Waals surface area contributed by atoms with Gasteiger partial charge in [0, 0.05) is 5.56 Å². The molecule has 90 valence electrons. The summed E-state index contributed by atoms with van der Waals surface area (Å²) in [6.07, 6.45) is 2.74. The summed E-state index contributed by atoms with van der Waals surface area (Å²) < 4.78 is 1.63. The lowest BCUT2D eigenvalue weighted by atomic mass is 10.1. The molecule has 0 bridgehead atoms. The first kappa shape index (κ1) is 11.7. The van der Waals surface area contributed by atoms with Crippen LogP contribution in [0.1, 0.15) is 31.5 Å². The lowest BCUT2D eigenvalue weighted by Gasteiger charge is -2.02. The molecule has 17 heavy (non-hydrogen) atoms. The molecule has 3 heteroatoms. The molecule has 0 radical (unpaired) electrons. The molecule has 1 aromatic heterocycles. The van der Waals surface area contributed by atoms with Gasteiger partial charge in [-0.1, -0.05) is 38.5 Å². The van der Waals surface area contributed by atoms with E-state index in [0.29, 0.717) is 0 Å². The topological polar surface area (TPSA) is 38.0 Å². The third kappa shape index (κ3) is 2.18. The van der Waals surface area contributed by atoms with Gasteiger partial charge >= 0.3 is 0 Å². The molecule has 0 aliphatic carbocycles. The predicted octanol–water partition coefficient (Wildman–Crippen LogP) is 3.09. The van der Waals surface area contributed by atoms with E-state index in [1.165, 1.54) is 0 Å². The van der Waals surface area contributed by atoms with E-state index in [4.69, 9.17) is 0 Å². The van der Waals surface area contributed by atoms with Crippen LogP contribution in [0.5, 0.6) is 5.88 Å². The predicted molar refractivity (Wildman–Crippen MR) is 68.6 cm³/mol. The van der Waals surface area contributed by atoms with E-state index in [1.54, 1.807) is 4.68 Å². The molecule has 1 heterocycles. The molecule has 0 fully saturated rings. The number of benzene rings is 1. The lowest BCUT2D eigenvalue weighted by Crippen LogP contribution is -1.95. The lowest BCUT2D eigenvalue weighted by molar-refractivity contribution is 0.427. The summed E-state index contributed by atoms with van der Waals surface area (Å²) in [6.45, 7) is 4.18. The van der Waals surface area contributed by atoms with Crippen molar-refractivity contribution in [3.05, 3.63) is 41.6 Å². The summed E-state index contributed by atoms with van der Waals surface area (Å²) in [5.41, 5.74) is 2.88. The van der Waals surface area contributed by atoms with E-state index in [2.05, 4.69) is 18.9 Å². The zero-order valence-electron chi connectivity index (χ0n) is 10.3. The average Bonchev–Trinajstić information content (AvgIpc) is 2.69. The Morgan fingerprint density at radius 2 is 1.88 bits per heavy atom.